The fourth-order valence-electron chi connectivity index (χ4n) is 2.65. The van der Waals surface area contributed by atoms with E-state index in [1.807, 2.05) is 6.92 Å². The van der Waals surface area contributed by atoms with Crippen LogP contribution in [0.3, 0.4) is 0 Å². The lowest BCUT2D eigenvalue weighted by Crippen LogP contribution is -2.37. The van der Waals surface area contributed by atoms with Gasteiger partial charge in [-0.25, -0.2) is 10.9 Å². The Bertz CT molecular complexity index is 779. The fourth-order valence-corrected chi connectivity index (χ4v) is 2.65. The number of nitrogen functional groups attached to an aromatic ring is 1. The molecule has 9 heteroatoms. The summed E-state index contributed by atoms with van der Waals surface area (Å²) in [5.41, 5.74) is 14.1. The van der Waals surface area contributed by atoms with Crippen molar-refractivity contribution in [3.05, 3.63) is 41.2 Å². The minimum atomic E-state index is -0.436. The lowest BCUT2D eigenvalue weighted by molar-refractivity contribution is -0.147. The molecule has 3 rings (SSSR count). The molecule has 0 saturated carbocycles. The Morgan fingerprint density at radius 1 is 1.23 bits per heavy atom. The normalized spacial score (nSPS) is 19.3. The van der Waals surface area contributed by atoms with Crippen LogP contribution in [0.1, 0.15) is 29.4 Å². The summed E-state index contributed by atoms with van der Waals surface area (Å²) in [5, 5.41) is 0. The number of hydrazine groups is 1. The third kappa shape index (κ3) is 4.24. The van der Waals surface area contributed by atoms with Crippen molar-refractivity contribution >= 4 is 17.9 Å². The van der Waals surface area contributed by atoms with Crippen LogP contribution in [0.15, 0.2) is 24.3 Å². The molecule has 0 aliphatic carbocycles. The van der Waals surface area contributed by atoms with E-state index < -0.39 is 6.04 Å². The minimum Gasteiger partial charge on any atom is -0.456 e. The van der Waals surface area contributed by atoms with E-state index in [0.29, 0.717) is 18.2 Å². The number of carbonyl (C=O) groups excluding carboxylic acids is 1. The van der Waals surface area contributed by atoms with Gasteiger partial charge in [-0.2, -0.15) is 15.0 Å². The highest BCUT2D eigenvalue weighted by atomic mass is 16.5. The first-order chi connectivity index (χ1) is 12.4. The van der Waals surface area contributed by atoms with Crippen molar-refractivity contribution in [2.24, 2.45) is 0 Å². The van der Waals surface area contributed by atoms with Crippen LogP contribution in [-0.2, 0) is 16.1 Å². The van der Waals surface area contributed by atoms with Crippen molar-refractivity contribution in [3.8, 4) is 0 Å². The molecule has 26 heavy (non-hydrogen) atoms. The number of ether oxygens (including phenoxy) is 1. The predicted octanol–water partition coefficient (Wildman–Crippen LogP) is 0.479. The van der Waals surface area contributed by atoms with Crippen LogP contribution in [0.4, 0.5) is 11.9 Å². The number of benzene rings is 1. The summed E-state index contributed by atoms with van der Waals surface area (Å²) < 4.78 is 5.34. The van der Waals surface area contributed by atoms with Crippen LogP contribution in [0, 0.1) is 6.92 Å². The predicted molar refractivity (Wildman–Crippen MR) is 97.0 cm³/mol. The van der Waals surface area contributed by atoms with Crippen LogP contribution >= 0.6 is 0 Å². The topological polar surface area (TPSA) is 118 Å². The number of nitrogens with zero attached hydrogens (tertiary/aromatic N) is 4. The molecule has 1 aromatic heterocycles. The fraction of sp³-hybridized carbons (Fsp3) is 0.412. The maximum absolute atomic E-state index is 12.3. The van der Waals surface area contributed by atoms with Gasteiger partial charge in [0, 0.05) is 20.1 Å². The Kier molecular flexibility index (Phi) is 5.29. The Hall–Kier alpha value is -2.78. The zero-order valence-electron chi connectivity index (χ0n) is 15.1. The third-order valence-corrected chi connectivity index (χ3v) is 4.10. The molecule has 2 atom stereocenters. The van der Waals surface area contributed by atoms with Crippen LogP contribution in [0.5, 0.6) is 0 Å². The molecule has 0 radical (unpaired) electrons. The zero-order valence-corrected chi connectivity index (χ0v) is 15.1. The van der Waals surface area contributed by atoms with Gasteiger partial charge >= 0.3 is 5.97 Å². The molecular formula is C17H23N7O2. The minimum absolute atomic E-state index is 0.0558. The Morgan fingerprint density at radius 2 is 1.96 bits per heavy atom. The molecule has 9 nitrogen and oxygen atoms in total. The summed E-state index contributed by atoms with van der Waals surface area (Å²) in [5.74, 6) is 0.464. The molecule has 0 spiro atoms. The Morgan fingerprint density at radius 3 is 2.65 bits per heavy atom. The van der Waals surface area contributed by atoms with Crippen LogP contribution in [0.2, 0.25) is 0 Å². The molecule has 0 amide bonds. The van der Waals surface area contributed by atoms with Gasteiger partial charge in [0.2, 0.25) is 11.9 Å². The quantitative estimate of drug-likeness (QED) is 0.656. The molecule has 1 saturated heterocycles. The van der Waals surface area contributed by atoms with E-state index in [2.05, 4.69) is 50.1 Å². The number of hydrogen-bond acceptors (Lipinski definition) is 9. The van der Waals surface area contributed by atoms with Gasteiger partial charge in [-0.3, -0.25) is 4.79 Å². The number of aryl methyl sites for hydroxylation is 1. The number of aromatic nitrogens is 3. The highest BCUT2D eigenvalue weighted by molar-refractivity contribution is 5.76. The van der Waals surface area contributed by atoms with Gasteiger partial charge in [-0.05, 0) is 18.9 Å². The standard InChI is InChI=1S/C17H23N7O2/c1-10-4-6-11(7-5-10)12-8-13(23-22-12)15(25)26-9-14-19-16(18)21-17(20-14)24(2)3/h4-7,12-13,22-23H,8-9H2,1-3H3,(H2,18,19,20,21). The number of nitrogens with two attached hydrogens (primary N) is 1. The second kappa shape index (κ2) is 7.63. The Balaban J connectivity index is 1.57. The average molecular weight is 357 g/mol. The van der Waals surface area contributed by atoms with Crippen LogP contribution in [0.25, 0.3) is 0 Å². The van der Waals surface area contributed by atoms with Gasteiger partial charge in [0.15, 0.2) is 12.4 Å². The summed E-state index contributed by atoms with van der Waals surface area (Å²) in [7, 11) is 3.59. The Labute approximate surface area is 152 Å². The van der Waals surface area contributed by atoms with E-state index in [4.69, 9.17) is 10.5 Å². The van der Waals surface area contributed by atoms with E-state index in [0.717, 1.165) is 5.56 Å². The van der Waals surface area contributed by atoms with Gasteiger partial charge < -0.3 is 15.4 Å². The molecule has 1 aromatic carbocycles. The number of esters is 1. The number of hydrogen-bond donors (Lipinski definition) is 3. The first kappa shape index (κ1) is 18.0. The first-order valence-corrected chi connectivity index (χ1v) is 8.34. The molecule has 2 aromatic rings. The lowest BCUT2D eigenvalue weighted by atomic mass is 10.0. The van der Waals surface area contributed by atoms with Gasteiger partial charge in [0.05, 0.1) is 0 Å². The second-order valence-corrected chi connectivity index (χ2v) is 6.45. The third-order valence-electron chi connectivity index (χ3n) is 4.10. The van der Waals surface area contributed by atoms with Gasteiger partial charge in [-0.15, -0.1) is 0 Å². The molecule has 4 N–H and O–H groups in total. The summed E-state index contributed by atoms with van der Waals surface area (Å²) in [6, 6.07) is 7.83. The number of anilines is 2. The summed E-state index contributed by atoms with van der Waals surface area (Å²) >= 11 is 0. The van der Waals surface area contributed by atoms with E-state index in [-0.39, 0.29) is 24.6 Å². The summed E-state index contributed by atoms with van der Waals surface area (Å²) in [6.07, 6.45) is 0.601. The number of rotatable bonds is 5. The SMILES string of the molecule is Cc1ccc(C2CC(C(=O)OCc3nc(N)nc(N(C)C)n3)NN2)cc1. The molecule has 1 aliphatic rings. The first-order valence-electron chi connectivity index (χ1n) is 8.34. The van der Waals surface area contributed by atoms with Crippen molar-refractivity contribution < 1.29 is 9.53 Å². The highest BCUT2D eigenvalue weighted by Gasteiger charge is 2.31. The van der Waals surface area contributed by atoms with Gasteiger partial charge in [-0.1, -0.05) is 29.8 Å². The smallest absolute Gasteiger partial charge is 0.325 e. The van der Waals surface area contributed by atoms with E-state index in [1.54, 1.807) is 19.0 Å². The van der Waals surface area contributed by atoms with Gasteiger partial charge in [0.1, 0.15) is 6.04 Å². The summed E-state index contributed by atoms with van der Waals surface area (Å²) in [6.45, 7) is 1.99. The van der Waals surface area contributed by atoms with Crippen molar-refractivity contribution in [1.29, 1.82) is 0 Å². The van der Waals surface area contributed by atoms with Crippen LogP contribution < -0.4 is 21.5 Å². The molecule has 2 unspecified atom stereocenters. The molecule has 1 fully saturated rings. The molecular weight excluding hydrogens is 334 g/mol. The molecule has 138 valence electrons. The monoisotopic (exact) mass is 357 g/mol. The van der Waals surface area contributed by atoms with E-state index >= 15 is 0 Å². The largest absolute Gasteiger partial charge is 0.456 e. The summed E-state index contributed by atoms with van der Waals surface area (Å²) in [4.78, 5) is 26.2. The van der Waals surface area contributed by atoms with Crippen LogP contribution in [-0.4, -0.2) is 41.1 Å². The van der Waals surface area contributed by atoms with Crippen molar-refractivity contribution in [2.45, 2.75) is 32.0 Å². The van der Waals surface area contributed by atoms with Crippen molar-refractivity contribution in [2.75, 3.05) is 24.7 Å². The van der Waals surface area contributed by atoms with E-state index in [9.17, 15) is 4.79 Å². The van der Waals surface area contributed by atoms with E-state index in [1.165, 1.54) is 5.56 Å². The molecule has 0 bridgehead atoms. The van der Waals surface area contributed by atoms with Gasteiger partial charge in [0.25, 0.3) is 0 Å². The molecule has 1 aliphatic heterocycles. The zero-order chi connectivity index (χ0) is 18.7. The number of carbonyl (C=O) groups is 1. The lowest BCUT2D eigenvalue weighted by Gasteiger charge is -2.12. The second-order valence-electron chi connectivity index (χ2n) is 6.45. The maximum Gasteiger partial charge on any atom is 0.325 e. The average Bonchev–Trinajstić information content (AvgIpc) is 3.10. The highest BCUT2D eigenvalue weighted by Crippen LogP contribution is 2.23. The van der Waals surface area contributed by atoms with Crippen molar-refractivity contribution in [1.82, 2.24) is 25.8 Å². The maximum atomic E-state index is 12.3. The number of nitrogens with one attached hydrogen (secondary N) is 2. The van der Waals surface area contributed by atoms with Crippen molar-refractivity contribution in [3.63, 3.8) is 0 Å². The molecule has 2 heterocycles.